The monoisotopic (exact) mass is 426 g/mol. The Hall–Kier alpha value is -4.55. The van der Waals surface area contributed by atoms with E-state index in [2.05, 4.69) is 60.7 Å². The summed E-state index contributed by atoms with van der Waals surface area (Å²) in [6.45, 7) is 1.94. The number of fused-ring (bicyclic) bond motifs is 3. The summed E-state index contributed by atoms with van der Waals surface area (Å²) in [7, 11) is 0. The first kappa shape index (κ1) is 20.4. The molecule has 33 heavy (non-hydrogen) atoms. The van der Waals surface area contributed by atoms with Crippen LogP contribution in [0.3, 0.4) is 0 Å². The quantitative estimate of drug-likeness (QED) is 0.237. The second kappa shape index (κ2) is 8.53. The SMILES string of the molecule is C/C=C(\C=C(/N)C#N)c1cccc(-c2ccc3c(c2)oc2cc(-c4ccccc4)ccc23)c1. The molecule has 4 aromatic carbocycles. The zero-order valence-electron chi connectivity index (χ0n) is 18.2. The summed E-state index contributed by atoms with van der Waals surface area (Å²) in [6, 6.07) is 33.2. The third-order valence-electron chi connectivity index (χ3n) is 5.86. The highest BCUT2D eigenvalue weighted by Gasteiger charge is 2.11. The molecule has 3 heteroatoms. The molecule has 0 amide bonds. The van der Waals surface area contributed by atoms with Crippen LogP contribution in [0.5, 0.6) is 0 Å². The molecule has 3 nitrogen and oxygen atoms in total. The van der Waals surface area contributed by atoms with Gasteiger partial charge in [0.1, 0.15) is 22.9 Å². The smallest absolute Gasteiger partial charge is 0.136 e. The zero-order chi connectivity index (χ0) is 22.8. The van der Waals surface area contributed by atoms with E-state index < -0.39 is 0 Å². The molecule has 0 radical (unpaired) electrons. The molecule has 0 saturated heterocycles. The van der Waals surface area contributed by atoms with Gasteiger partial charge >= 0.3 is 0 Å². The first-order valence-electron chi connectivity index (χ1n) is 10.8. The number of hydrogen-bond acceptors (Lipinski definition) is 3. The molecule has 158 valence electrons. The summed E-state index contributed by atoms with van der Waals surface area (Å²) in [5, 5.41) is 11.2. The number of furan rings is 1. The van der Waals surface area contributed by atoms with Crippen molar-refractivity contribution in [3.8, 4) is 28.3 Å². The largest absolute Gasteiger partial charge is 0.456 e. The van der Waals surface area contributed by atoms with E-state index in [1.165, 1.54) is 5.56 Å². The van der Waals surface area contributed by atoms with Crippen LogP contribution in [0.2, 0.25) is 0 Å². The van der Waals surface area contributed by atoms with Crippen molar-refractivity contribution >= 4 is 27.5 Å². The Morgan fingerprint density at radius 3 is 2.00 bits per heavy atom. The van der Waals surface area contributed by atoms with Crippen molar-refractivity contribution in [2.75, 3.05) is 0 Å². The van der Waals surface area contributed by atoms with Gasteiger partial charge in [-0.3, -0.25) is 0 Å². The summed E-state index contributed by atoms with van der Waals surface area (Å²) < 4.78 is 6.27. The Kier molecular flexibility index (Phi) is 5.26. The molecule has 1 aromatic heterocycles. The topological polar surface area (TPSA) is 63.0 Å². The predicted molar refractivity (Wildman–Crippen MR) is 136 cm³/mol. The first-order chi connectivity index (χ1) is 16.2. The Labute approximate surface area is 192 Å². The first-order valence-corrected chi connectivity index (χ1v) is 10.8. The molecule has 0 spiro atoms. The van der Waals surface area contributed by atoms with Gasteiger partial charge in [0.15, 0.2) is 0 Å². The van der Waals surface area contributed by atoms with E-state index in [0.29, 0.717) is 0 Å². The van der Waals surface area contributed by atoms with Crippen LogP contribution in [0.15, 0.2) is 113 Å². The Morgan fingerprint density at radius 2 is 1.36 bits per heavy atom. The van der Waals surface area contributed by atoms with Crippen LogP contribution in [0, 0.1) is 11.3 Å². The summed E-state index contributed by atoms with van der Waals surface area (Å²) in [4.78, 5) is 0. The van der Waals surface area contributed by atoms with Crippen LogP contribution in [0.1, 0.15) is 12.5 Å². The minimum Gasteiger partial charge on any atom is -0.456 e. The van der Waals surface area contributed by atoms with Gasteiger partial charge in [-0.1, -0.05) is 66.7 Å². The van der Waals surface area contributed by atoms with Gasteiger partial charge in [0.05, 0.1) is 0 Å². The maximum Gasteiger partial charge on any atom is 0.136 e. The van der Waals surface area contributed by atoms with Crippen LogP contribution in [-0.2, 0) is 0 Å². The van der Waals surface area contributed by atoms with Gasteiger partial charge in [0.25, 0.3) is 0 Å². The highest BCUT2D eigenvalue weighted by Crippen LogP contribution is 2.35. The molecular formula is C30H22N2O. The lowest BCUT2D eigenvalue weighted by Crippen LogP contribution is -1.94. The number of benzene rings is 4. The van der Waals surface area contributed by atoms with E-state index in [4.69, 9.17) is 15.4 Å². The van der Waals surface area contributed by atoms with Crippen molar-refractivity contribution in [1.82, 2.24) is 0 Å². The van der Waals surface area contributed by atoms with E-state index in [0.717, 1.165) is 49.8 Å². The molecule has 2 N–H and O–H groups in total. The summed E-state index contributed by atoms with van der Waals surface area (Å²) >= 11 is 0. The standard InChI is InChI=1S/C30H22N2O/c1-2-20(16-26(32)19-31)22-9-6-10-23(15-22)25-12-14-28-27-13-11-24(21-7-4-3-5-8-21)17-29(27)33-30(28)18-25/h2-18H,32H2,1H3/b20-2+,26-16-. The van der Waals surface area contributed by atoms with Gasteiger partial charge in [0.2, 0.25) is 0 Å². The minimum absolute atomic E-state index is 0.187. The van der Waals surface area contributed by atoms with Crippen LogP contribution in [0.25, 0.3) is 49.8 Å². The fourth-order valence-electron chi connectivity index (χ4n) is 4.18. The number of hydrogen-bond donors (Lipinski definition) is 1. The van der Waals surface area contributed by atoms with E-state index in [1.807, 2.05) is 49.4 Å². The second-order valence-electron chi connectivity index (χ2n) is 7.93. The maximum atomic E-state index is 9.02. The summed E-state index contributed by atoms with van der Waals surface area (Å²) in [6.07, 6.45) is 3.65. The normalized spacial score (nSPS) is 12.2. The summed E-state index contributed by atoms with van der Waals surface area (Å²) in [5.41, 5.74) is 14.0. The van der Waals surface area contributed by atoms with Crippen molar-refractivity contribution in [3.05, 3.63) is 114 Å². The molecule has 0 aliphatic heterocycles. The van der Waals surface area contributed by atoms with Gasteiger partial charge in [-0.15, -0.1) is 0 Å². The van der Waals surface area contributed by atoms with Gasteiger partial charge < -0.3 is 10.2 Å². The lowest BCUT2D eigenvalue weighted by Gasteiger charge is -2.07. The summed E-state index contributed by atoms with van der Waals surface area (Å²) in [5.74, 6) is 0. The third-order valence-corrected chi connectivity index (χ3v) is 5.86. The highest BCUT2D eigenvalue weighted by molar-refractivity contribution is 6.07. The fraction of sp³-hybridized carbons (Fsp3) is 0.0333. The number of nitriles is 1. The molecular weight excluding hydrogens is 404 g/mol. The number of rotatable bonds is 4. The van der Waals surface area contributed by atoms with E-state index in [9.17, 15) is 0 Å². The third kappa shape index (κ3) is 3.91. The molecule has 0 aliphatic rings. The average molecular weight is 427 g/mol. The predicted octanol–water partition coefficient (Wildman–Crippen LogP) is 7.69. The van der Waals surface area contributed by atoms with Crippen molar-refractivity contribution in [2.45, 2.75) is 6.92 Å². The minimum atomic E-state index is 0.187. The molecule has 0 saturated carbocycles. The van der Waals surface area contributed by atoms with E-state index in [-0.39, 0.29) is 5.70 Å². The van der Waals surface area contributed by atoms with Crippen LogP contribution < -0.4 is 5.73 Å². The van der Waals surface area contributed by atoms with Crippen LogP contribution in [0.4, 0.5) is 0 Å². The van der Waals surface area contributed by atoms with Gasteiger partial charge in [-0.05, 0) is 76.7 Å². The Morgan fingerprint density at radius 1 is 0.758 bits per heavy atom. The second-order valence-corrected chi connectivity index (χ2v) is 7.93. The molecule has 5 aromatic rings. The van der Waals surface area contributed by atoms with E-state index >= 15 is 0 Å². The van der Waals surface area contributed by atoms with Crippen molar-refractivity contribution < 1.29 is 4.42 Å². The Bertz CT molecular complexity index is 1580. The van der Waals surface area contributed by atoms with Crippen molar-refractivity contribution in [3.63, 3.8) is 0 Å². The van der Waals surface area contributed by atoms with E-state index in [1.54, 1.807) is 6.08 Å². The average Bonchev–Trinajstić information content (AvgIpc) is 3.24. The Balaban J connectivity index is 1.56. The lowest BCUT2D eigenvalue weighted by molar-refractivity contribution is 0.669. The molecule has 0 unspecified atom stereocenters. The van der Waals surface area contributed by atoms with Crippen LogP contribution >= 0.6 is 0 Å². The van der Waals surface area contributed by atoms with Gasteiger partial charge in [-0.2, -0.15) is 5.26 Å². The molecule has 1 heterocycles. The molecule has 0 fully saturated rings. The molecule has 0 aliphatic carbocycles. The van der Waals surface area contributed by atoms with Crippen molar-refractivity contribution in [2.24, 2.45) is 5.73 Å². The van der Waals surface area contributed by atoms with Crippen LogP contribution in [-0.4, -0.2) is 0 Å². The zero-order valence-corrected chi connectivity index (χ0v) is 18.2. The molecule has 5 rings (SSSR count). The fourth-order valence-corrected chi connectivity index (χ4v) is 4.18. The number of nitrogens with zero attached hydrogens (tertiary/aromatic N) is 1. The van der Waals surface area contributed by atoms with Gasteiger partial charge in [0, 0.05) is 10.8 Å². The number of allylic oxidation sites excluding steroid dienone is 4. The maximum absolute atomic E-state index is 9.02. The van der Waals surface area contributed by atoms with Gasteiger partial charge in [-0.25, -0.2) is 0 Å². The molecule has 0 bridgehead atoms. The van der Waals surface area contributed by atoms with Crippen molar-refractivity contribution in [1.29, 1.82) is 5.26 Å². The number of nitrogens with two attached hydrogens (primary N) is 1. The highest BCUT2D eigenvalue weighted by atomic mass is 16.3. The lowest BCUT2D eigenvalue weighted by atomic mass is 9.97. The molecule has 0 atom stereocenters.